The number of pyridine rings is 2. The number of hydrogen-bond donors (Lipinski definition) is 0. The monoisotopic (exact) mass is 358 g/mol. The van der Waals surface area contributed by atoms with E-state index < -0.39 is 0 Å². The number of benzene rings is 1. The van der Waals surface area contributed by atoms with E-state index >= 15 is 0 Å². The summed E-state index contributed by atoms with van der Waals surface area (Å²) in [5, 5.41) is 0. The predicted octanol–water partition coefficient (Wildman–Crippen LogP) is 2.36. The SMILES string of the molecule is Cc1ccc(Cn2c(=O)c3ncccc3n(Cc3cccnc3)c2=O)cc1. The summed E-state index contributed by atoms with van der Waals surface area (Å²) in [4.78, 5) is 34.4. The Kier molecular flexibility index (Phi) is 4.38. The van der Waals surface area contributed by atoms with Gasteiger partial charge in [0.1, 0.15) is 0 Å². The van der Waals surface area contributed by atoms with Gasteiger partial charge in [0.05, 0.1) is 18.6 Å². The van der Waals surface area contributed by atoms with Crippen LogP contribution in [0.1, 0.15) is 16.7 Å². The Morgan fingerprint density at radius 2 is 1.59 bits per heavy atom. The molecule has 4 rings (SSSR count). The molecule has 0 fully saturated rings. The maximum atomic E-state index is 13.2. The van der Waals surface area contributed by atoms with Gasteiger partial charge in [0.2, 0.25) is 0 Å². The van der Waals surface area contributed by atoms with Crippen LogP contribution in [0, 0.1) is 6.92 Å². The van der Waals surface area contributed by atoms with Crippen molar-refractivity contribution in [3.8, 4) is 0 Å². The first-order chi connectivity index (χ1) is 13.1. The molecule has 0 N–H and O–H groups in total. The average Bonchev–Trinajstić information content (AvgIpc) is 2.71. The molecule has 3 aromatic heterocycles. The maximum Gasteiger partial charge on any atom is 0.332 e. The van der Waals surface area contributed by atoms with E-state index in [1.165, 1.54) is 4.57 Å². The standard InChI is InChI=1S/C21H18N4O2/c1-15-6-8-16(9-7-15)13-25-20(26)19-18(5-3-11-23-19)24(21(25)27)14-17-4-2-10-22-12-17/h2-12H,13-14H2,1H3. The van der Waals surface area contributed by atoms with Crippen LogP contribution in [0.3, 0.4) is 0 Å². The fourth-order valence-electron chi connectivity index (χ4n) is 3.09. The molecular weight excluding hydrogens is 340 g/mol. The quantitative estimate of drug-likeness (QED) is 0.562. The second kappa shape index (κ2) is 6.99. The number of aryl methyl sites for hydroxylation is 1. The van der Waals surface area contributed by atoms with E-state index in [4.69, 9.17) is 0 Å². The van der Waals surface area contributed by atoms with E-state index in [2.05, 4.69) is 9.97 Å². The van der Waals surface area contributed by atoms with Crippen molar-refractivity contribution in [3.05, 3.63) is 105 Å². The van der Waals surface area contributed by atoms with Gasteiger partial charge in [-0.15, -0.1) is 0 Å². The zero-order valence-corrected chi connectivity index (χ0v) is 14.9. The summed E-state index contributed by atoms with van der Waals surface area (Å²) < 4.78 is 2.82. The Bertz CT molecular complexity index is 1210. The Morgan fingerprint density at radius 3 is 2.33 bits per heavy atom. The van der Waals surface area contributed by atoms with Crippen LogP contribution in [0.2, 0.25) is 0 Å². The van der Waals surface area contributed by atoms with Crippen molar-refractivity contribution >= 4 is 11.0 Å². The summed E-state index contributed by atoms with van der Waals surface area (Å²) in [5.41, 5.74) is 2.97. The number of hydrogen-bond acceptors (Lipinski definition) is 4. The summed E-state index contributed by atoms with van der Waals surface area (Å²) in [6.45, 7) is 2.53. The maximum absolute atomic E-state index is 13.2. The lowest BCUT2D eigenvalue weighted by Crippen LogP contribution is -2.40. The number of aromatic nitrogens is 4. The van der Waals surface area contributed by atoms with Crippen LogP contribution in [0.15, 0.2) is 76.7 Å². The normalized spacial score (nSPS) is 11.0. The molecule has 134 valence electrons. The lowest BCUT2D eigenvalue weighted by molar-refractivity contribution is 0.632. The predicted molar refractivity (Wildman–Crippen MR) is 104 cm³/mol. The molecule has 0 radical (unpaired) electrons. The van der Waals surface area contributed by atoms with Crippen molar-refractivity contribution in [2.75, 3.05) is 0 Å². The van der Waals surface area contributed by atoms with Gasteiger partial charge in [-0.25, -0.2) is 9.78 Å². The molecule has 0 saturated heterocycles. The van der Waals surface area contributed by atoms with Gasteiger partial charge in [0.25, 0.3) is 5.56 Å². The molecule has 27 heavy (non-hydrogen) atoms. The van der Waals surface area contributed by atoms with E-state index in [0.29, 0.717) is 12.1 Å². The van der Waals surface area contributed by atoms with Crippen molar-refractivity contribution in [3.63, 3.8) is 0 Å². The Balaban J connectivity index is 1.90. The van der Waals surface area contributed by atoms with E-state index in [1.807, 2.05) is 43.3 Å². The fourth-order valence-corrected chi connectivity index (χ4v) is 3.09. The summed E-state index contributed by atoms with van der Waals surface area (Å²) in [7, 11) is 0. The number of nitrogens with zero attached hydrogens (tertiary/aromatic N) is 4. The van der Waals surface area contributed by atoms with Crippen molar-refractivity contribution < 1.29 is 0 Å². The summed E-state index contributed by atoms with van der Waals surface area (Å²) in [5.74, 6) is 0. The first-order valence-electron chi connectivity index (χ1n) is 8.66. The van der Waals surface area contributed by atoms with Crippen LogP contribution in [-0.2, 0) is 13.1 Å². The van der Waals surface area contributed by atoms with E-state index in [1.54, 1.807) is 35.3 Å². The zero-order chi connectivity index (χ0) is 18.8. The smallest absolute Gasteiger partial charge is 0.287 e. The first kappa shape index (κ1) is 16.9. The van der Waals surface area contributed by atoms with Gasteiger partial charge in [0.15, 0.2) is 5.52 Å². The molecule has 0 amide bonds. The lowest BCUT2D eigenvalue weighted by Gasteiger charge is -2.13. The summed E-state index contributed by atoms with van der Waals surface area (Å²) in [6, 6.07) is 15.0. The van der Waals surface area contributed by atoms with E-state index in [9.17, 15) is 9.59 Å². The highest BCUT2D eigenvalue weighted by molar-refractivity contribution is 5.73. The van der Waals surface area contributed by atoms with Gasteiger partial charge in [-0.2, -0.15) is 0 Å². The van der Waals surface area contributed by atoms with Crippen LogP contribution in [0.5, 0.6) is 0 Å². The van der Waals surface area contributed by atoms with Crippen molar-refractivity contribution in [1.82, 2.24) is 19.1 Å². The third-order valence-electron chi connectivity index (χ3n) is 4.51. The van der Waals surface area contributed by atoms with E-state index in [0.717, 1.165) is 16.7 Å². The molecule has 0 aliphatic carbocycles. The topological polar surface area (TPSA) is 69.8 Å². The molecule has 0 aliphatic rings. The fraction of sp³-hybridized carbons (Fsp3) is 0.143. The Labute approximate surface area is 155 Å². The van der Waals surface area contributed by atoms with E-state index in [-0.39, 0.29) is 23.3 Å². The van der Waals surface area contributed by atoms with Crippen LogP contribution in [-0.4, -0.2) is 19.1 Å². The van der Waals surface area contributed by atoms with Crippen LogP contribution >= 0.6 is 0 Å². The molecule has 0 saturated carbocycles. The van der Waals surface area contributed by atoms with Gasteiger partial charge in [-0.3, -0.25) is 18.9 Å². The third-order valence-corrected chi connectivity index (χ3v) is 4.51. The second-order valence-corrected chi connectivity index (χ2v) is 6.48. The minimum atomic E-state index is -0.376. The molecule has 1 aromatic carbocycles. The molecule has 0 bridgehead atoms. The molecule has 0 spiro atoms. The van der Waals surface area contributed by atoms with Crippen molar-refractivity contribution in [1.29, 1.82) is 0 Å². The van der Waals surface area contributed by atoms with Crippen LogP contribution in [0.25, 0.3) is 11.0 Å². The van der Waals surface area contributed by atoms with Crippen molar-refractivity contribution in [2.45, 2.75) is 20.0 Å². The molecular formula is C21H18N4O2. The van der Waals surface area contributed by atoms with Crippen molar-refractivity contribution in [2.24, 2.45) is 0 Å². The minimum absolute atomic E-state index is 0.206. The highest BCUT2D eigenvalue weighted by Gasteiger charge is 2.14. The first-order valence-corrected chi connectivity index (χ1v) is 8.66. The molecule has 3 heterocycles. The van der Waals surface area contributed by atoms with Crippen LogP contribution in [0.4, 0.5) is 0 Å². The van der Waals surface area contributed by atoms with Crippen LogP contribution < -0.4 is 11.2 Å². The summed E-state index contributed by atoms with van der Waals surface area (Å²) in [6.07, 6.45) is 4.97. The van der Waals surface area contributed by atoms with Gasteiger partial charge in [-0.1, -0.05) is 35.9 Å². The van der Waals surface area contributed by atoms with Gasteiger partial charge in [0, 0.05) is 18.6 Å². The highest BCUT2D eigenvalue weighted by Crippen LogP contribution is 2.09. The minimum Gasteiger partial charge on any atom is -0.287 e. The molecule has 6 nitrogen and oxygen atoms in total. The number of rotatable bonds is 4. The van der Waals surface area contributed by atoms with Gasteiger partial charge < -0.3 is 0 Å². The largest absolute Gasteiger partial charge is 0.332 e. The highest BCUT2D eigenvalue weighted by atomic mass is 16.2. The molecule has 0 aliphatic heterocycles. The summed E-state index contributed by atoms with van der Waals surface area (Å²) >= 11 is 0. The lowest BCUT2D eigenvalue weighted by atomic mass is 10.1. The second-order valence-electron chi connectivity index (χ2n) is 6.48. The molecule has 0 unspecified atom stereocenters. The number of fused-ring (bicyclic) bond motifs is 1. The molecule has 0 atom stereocenters. The Hall–Kier alpha value is -3.54. The van der Waals surface area contributed by atoms with Gasteiger partial charge in [-0.05, 0) is 36.2 Å². The average molecular weight is 358 g/mol. The van der Waals surface area contributed by atoms with Gasteiger partial charge >= 0.3 is 5.69 Å². The molecule has 4 aromatic rings. The third kappa shape index (κ3) is 3.29. The molecule has 6 heteroatoms. The Morgan fingerprint density at radius 1 is 0.852 bits per heavy atom. The zero-order valence-electron chi connectivity index (χ0n) is 14.9.